The highest BCUT2D eigenvalue weighted by Crippen LogP contribution is 2.33. The van der Waals surface area contributed by atoms with Gasteiger partial charge in [-0.1, -0.05) is 36.4 Å². The average Bonchev–Trinajstić information content (AvgIpc) is 3.27. The van der Waals surface area contributed by atoms with Gasteiger partial charge in [0.2, 0.25) is 0 Å². The molecule has 0 radical (unpaired) electrons. The van der Waals surface area contributed by atoms with E-state index in [1.165, 1.54) is 6.07 Å². The number of likely N-dealkylation sites (tertiary alicyclic amines) is 1. The highest BCUT2D eigenvalue weighted by atomic mass is 19.3. The van der Waals surface area contributed by atoms with Crippen LogP contribution in [0.1, 0.15) is 63.1 Å². The second-order valence-electron chi connectivity index (χ2n) is 10.1. The Labute approximate surface area is 211 Å². The number of pyridine rings is 1. The molecule has 36 heavy (non-hydrogen) atoms. The van der Waals surface area contributed by atoms with Gasteiger partial charge in [-0.25, -0.2) is 0 Å². The van der Waals surface area contributed by atoms with Crippen LogP contribution in [0.3, 0.4) is 0 Å². The summed E-state index contributed by atoms with van der Waals surface area (Å²) in [6, 6.07) is 16.5. The zero-order valence-corrected chi connectivity index (χ0v) is 20.8. The van der Waals surface area contributed by atoms with Crippen molar-refractivity contribution in [1.82, 2.24) is 9.88 Å². The lowest BCUT2D eigenvalue weighted by Crippen LogP contribution is -2.42. The number of aliphatic imine (C=N–C) groups is 1. The fourth-order valence-corrected chi connectivity index (χ4v) is 5.49. The quantitative estimate of drug-likeness (QED) is 0.377. The van der Waals surface area contributed by atoms with E-state index in [4.69, 9.17) is 4.99 Å². The van der Waals surface area contributed by atoms with Crippen molar-refractivity contribution in [3.63, 3.8) is 0 Å². The highest BCUT2D eigenvalue weighted by molar-refractivity contribution is 6.16. The Kier molecular flexibility index (Phi) is 6.80. The van der Waals surface area contributed by atoms with Crippen LogP contribution >= 0.6 is 0 Å². The van der Waals surface area contributed by atoms with Crippen LogP contribution < -0.4 is 0 Å². The molecule has 1 fully saturated rings. The van der Waals surface area contributed by atoms with E-state index < -0.39 is 5.92 Å². The molecule has 0 amide bonds. The van der Waals surface area contributed by atoms with Gasteiger partial charge in [-0.3, -0.25) is 19.7 Å². The van der Waals surface area contributed by atoms with Crippen LogP contribution in [-0.2, 0) is 12.5 Å². The second-order valence-corrected chi connectivity index (χ2v) is 10.1. The number of halogens is 2. The van der Waals surface area contributed by atoms with E-state index in [2.05, 4.69) is 4.98 Å². The van der Waals surface area contributed by atoms with Gasteiger partial charge in [0, 0.05) is 47.1 Å². The average molecular weight is 488 g/mol. The van der Waals surface area contributed by atoms with Gasteiger partial charge >= 0.3 is 0 Å². The first-order valence-electron chi connectivity index (χ1n) is 12.6. The number of piperidine rings is 1. The minimum atomic E-state index is -2.92. The Morgan fingerprint density at radius 1 is 1.11 bits per heavy atom. The smallest absolute Gasteiger partial charge is 0.285 e. The number of ketones is 1. The van der Waals surface area contributed by atoms with Crippen molar-refractivity contribution in [1.29, 1.82) is 0 Å². The van der Waals surface area contributed by atoms with Gasteiger partial charge in [0.1, 0.15) is 0 Å². The topological polar surface area (TPSA) is 45.6 Å². The number of carbonyl (C=O) groups excluding carboxylic acids is 1. The summed E-state index contributed by atoms with van der Waals surface area (Å²) in [7, 11) is 0. The summed E-state index contributed by atoms with van der Waals surface area (Å²) >= 11 is 0. The lowest BCUT2D eigenvalue weighted by atomic mass is 9.89. The number of aryl methyl sites for hydroxylation is 2. The van der Waals surface area contributed by atoms with E-state index in [0.29, 0.717) is 37.2 Å². The van der Waals surface area contributed by atoms with Crippen molar-refractivity contribution >= 4 is 11.5 Å². The molecule has 3 heterocycles. The van der Waals surface area contributed by atoms with Crippen LogP contribution in [0.5, 0.6) is 0 Å². The maximum Gasteiger partial charge on any atom is 0.285 e. The molecule has 2 aliphatic heterocycles. The first kappa shape index (κ1) is 24.4. The molecule has 1 atom stereocenters. The number of Topliss-reactive ketones (excluding diaryl/α,β-unsaturated/α-hetero) is 1. The number of benzene rings is 2. The summed E-state index contributed by atoms with van der Waals surface area (Å²) in [5.41, 5.74) is 6.28. The first-order valence-corrected chi connectivity index (χ1v) is 12.6. The Balaban J connectivity index is 1.26. The number of alkyl halides is 2. The van der Waals surface area contributed by atoms with Gasteiger partial charge in [-0.2, -0.15) is 8.78 Å². The third kappa shape index (κ3) is 5.14. The Hall–Kier alpha value is -3.25. The first-order chi connectivity index (χ1) is 17.3. The van der Waals surface area contributed by atoms with Crippen molar-refractivity contribution < 1.29 is 13.6 Å². The molecule has 186 valence electrons. The van der Waals surface area contributed by atoms with E-state index in [1.807, 2.05) is 42.2 Å². The van der Waals surface area contributed by atoms with Gasteiger partial charge < -0.3 is 0 Å². The molecule has 0 saturated carbocycles. The molecule has 0 spiro atoms. The monoisotopic (exact) mass is 487 g/mol. The standard InChI is InChI=1S/C30H31F2N3O/c1-20-6-3-4-8-27(20)30(31,32)19-35-13-5-7-22(18-35)15-28(36)23-9-10-25-17-34-29(26(25)16-23)24-11-12-33-21(2)14-24/h3-4,6,8-12,14,16,22H,5,7,13,15,17-19H2,1-2H3/t22-/m0/s1. The van der Waals surface area contributed by atoms with Gasteiger partial charge in [0.15, 0.2) is 5.78 Å². The summed E-state index contributed by atoms with van der Waals surface area (Å²) in [4.78, 5) is 24.1. The Bertz CT molecular complexity index is 1320. The van der Waals surface area contributed by atoms with Crippen molar-refractivity contribution in [2.24, 2.45) is 10.9 Å². The molecule has 1 saturated heterocycles. The number of nitrogens with zero attached hydrogens (tertiary/aromatic N) is 3. The predicted octanol–water partition coefficient (Wildman–Crippen LogP) is 6.13. The molecular formula is C30H31F2N3O. The van der Waals surface area contributed by atoms with Crippen LogP contribution in [0, 0.1) is 19.8 Å². The number of hydrogen-bond donors (Lipinski definition) is 0. The zero-order chi connectivity index (χ0) is 25.3. The van der Waals surface area contributed by atoms with Crippen molar-refractivity contribution in [2.45, 2.75) is 45.6 Å². The molecule has 1 aromatic heterocycles. The number of carbonyl (C=O) groups is 1. The molecule has 0 N–H and O–H groups in total. The third-order valence-electron chi connectivity index (χ3n) is 7.30. The molecular weight excluding hydrogens is 456 g/mol. The molecule has 5 rings (SSSR count). The molecule has 2 aromatic carbocycles. The summed E-state index contributed by atoms with van der Waals surface area (Å²) in [5.74, 6) is -2.78. The summed E-state index contributed by atoms with van der Waals surface area (Å²) < 4.78 is 30.1. The van der Waals surface area contributed by atoms with E-state index in [0.717, 1.165) is 40.9 Å². The number of aromatic nitrogens is 1. The third-order valence-corrected chi connectivity index (χ3v) is 7.30. The minimum absolute atomic E-state index is 0.0625. The maximum absolute atomic E-state index is 15.1. The SMILES string of the molecule is Cc1cc(C2=NCc3ccc(C(=O)C[C@@H]4CCCN(CC(F)(F)c5ccccc5C)C4)cc32)ccn1. The number of rotatable bonds is 7. The maximum atomic E-state index is 15.1. The molecule has 3 aromatic rings. The normalized spacial score (nSPS) is 18.1. The van der Waals surface area contributed by atoms with Crippen LogP contribution in [0.25, 0.3) is 0 Å². The van der Waals surface area contributed by atoms with Crippen LogP contribution in [0.4, 0.5) is 8.78 Å². The second kappa shape index (κ2) is 10.0. The lowest BCUT2D eigenvalue weighted by Gasteiger charge is -2.35. The van der Waals surface area contributed by atoms with Crippen LogP contribution in [0.15, 0.2) is 65.8 Å². The fourth-order valence-electron chi connectivity index (χ4n) is 5.49. The van der Waals surface area contributed by atoms with Crippen molar-refractivity contribution in [3.05, 3.63) is 99.9 Å². The molecule has 0 bridgehead atoms. The Morgan fingerprint density at radius 3 is 2.75 bits per heavy atom. The molecule has 0 aliphatic carbocycles. The van der Waals surface area contributed by atoms with Gasteiger partial charge in [-0.05, 0) is 68.5 Å². The summed E-state index contributed by atoms with van der Waals surface area (Å²) in [5, 5.41) is 0. The number of fused-ring (bicyclic) bond motifs is 1. The molecule has 6 heteroatoms. The summed E-state index contributed by atoms with van der Waals surface area (Å²) in [6.45, 7) is 5.12. The van der Waals surface area contributed by atoms with Gasteiger partial charge in [0.05, 0.1) is 18.8 Å². The number of hydrogen-bond acceptors (Lipinski definition) is 4. The summed E-state index contributed by atoms with van der Waals surface area (Å²) in [6.07, 6.45) is 3.85. The largest absolute Gasteiger partial charge is 0.297 e. The predicted molar refractivity (Wildman–Crippen MR) is 138 cm³/mol. The molecule has 0 unspecified atom stereocenters. The van der Waals surface area contributed by atoms with Crippen LogP contribution in [-0.4, -0.2) is 41.0 Å². The highest BCUT2D eigenvalue weighted by Gasteiger charge is 2.37. The minimum Gasteiger partial charge on any atom is -0.297 e. The Morgan fingerprint density at radius 2 is 1.94 bits per heavy atom. The van der Waals surface area contributed by atoms with Crippen molar-refractivity contribution in [2.75, 3.05) is 19.6 Å². The van der Waals surface area contributed by atoms with Gasteiger partial charge in [-0.15, -0.1) is 0 Å². The van der Waals surface area contributed by atoms with E-state index in [1.54, 1.807) is 31.3 Å². The lowest BCUT2D eigenvalue weighted by molar-refractivity contribution is -0.0467. The van der Waals surface area contributed by atoms with E-state index in [9.17, 15) is 4.79 Å². The molecule has 4 nitrogen and oxygen atoms in total. The van der Waals surface area contributed by atoms with Crippen molar-refractivity contribution in [3.8, 4) is 0 Å². The van der Waals surface area contributed by atoms with E-state index >= 15 is 8.78 Å². The fraction of sp³-hybridized carbons (Fsp3) is 0.367. The van der Waals surface area contributed by atoms with Gasteiger partial charge in [0.25, 0.3) is 5.92 Å². The van der Waals surface area contributed by atoms with Crippen LogP contribution in [0.2, 0.25) is 0 Å². The van der Waals surface area contributed by atoms with E-state index in [-0.39, 0.29) is 23.8 Å². The molecule has 2 aliphatic rings. The zero-order valence-electron chi connectivity index (χ0n) is 20.8.